The maximum Gasteiger partial charge on any atom is 0.175 e. The molecule has 0 aliphatic rings. The van der Waals surface area contributed by atoms with Crippen molar-refractivity contribution in [1.82, 2.24) is 5.32 Å². The third-order valence-corrected chi connectivity index (χ3v) is 3.32. The molecule has 90 valence electrons. The molecule has 0 unspecified atom stereocenters. The summed E-state index contributed by atoms with van der Waals surface area (Å²) in [5.41, 5.74) is 1.03. The van der Waals surface area contributed by atoms with Crippen molar-refractivity contribution in [1.29, 1.82) is 0 Å². The second-order valence-electron chi connectivity index (χ2n) is 3.67. The van der Waals surface area contributed by atoms with E-state index in [1.807, 2.05) is 0 Å². The maximum absolute atomic E-state index is 11.2. The maximum atomic E-state index is 11.2. The van der Waals surface area contributed by atoms with Crippen molar-refractivity contribution in [2.24, 2.45) is 0 Å². The molecule has 0 heterocycles. The van der Waals surface area contributed by atoms with Crippen molar-refractivity contribution < 1.29 is 13.5 Å². The zero-order valence-corrected chi connectivity index (χ0v) is 10.1. The van der Waals surface area contributed by atoms with Crippen LogP contribution in [0.15, 0.2) is 29.2 Å². The zero-order chi connectivity index (χ0) is 12.0. The van der Waals surface area contributed by atoms with E-state index >= 15 is 0 Å². The highest BCUT2D eigenvalue weighted by molar-refractivity contribution is 7.90. The van der Waals surface area contributed by atoms with Crippen molar-refractivity contribution in [3.05, 3.63) is 29.8 Å². The van der Waals surface area contributed by atoms with Gasteiger partial charge in [-0.05, 0) is 30.7 Å². The van der Waals surface area contributed by atoms with Crippen LogP contribution in [0.3, 0.4) is 0 Å². The highest BCUT2D eigenvalue weighted by atomic mass is 32.2. The Morgan fingerprint density at radius 1 is 1.25 bits per heavy atom. The van der Waals surface area contributed by atoms with Gasteiger partial charge in [0.05, 0.1) is 4.90 Å². The fourth-order valence-corrected chi connectivity index (χ4v) is 1.92. The van der Waals surface area contributed by atoms with Crippen LogP contribution in [0.1, 0.15) is 12.0 Å². The van der Waals surface area contributed by atoms with Crippen LogP contribution in [-0.4, -0.2) is 32.9 Å². The van der Waals surface area contributed by atoms with Crippen LogP contribution >= 0.6 is 0 Å². The molecule has 0 fully saturated rings. The first-order chi connectivity index (χ1) is 7.54. The molecule has 1 aromatic carbocycles. The van der Waals surface area contributed by atoms with Crippen LogP contribution in [-0.2, 0) is 16.4 Å². The minimum Gasteiger partial charge on any atom is -0.396 e. The van der Waals surface area contributed by atoms with Crippen molar-refractivity contribution in [2.75, 3.05) is 19.4 Å². The van der Waals surface area contributed by atoms with Crippen LogP contribution in [0.25, 0.3) is 0 Å². The Balaban J connectivity index is 2.52. The molecule has 0 bridgehead atoms. The van der Waals surface area contributed by atoms with Crippen molar-refractivity contribution in [3.63, 3.8) is 0 Å². The SMILES string of the molecule is CS(=O)(=O)c1ccc(CNCCCO)cc1. The lowest BCUT2D eigenvalue weighted by molar-refractivity contribution is 0.286. The van der Waals surface area contributed by atoms with Gasteiger partial charge in [0.1, 0.15) is 0 Å². The topological polar surface area (TPSA) is 66.4 Å². The standard InChI is InChI=1S/C11H17NO3S/c1-16(14,15)11-5-3-10(4-6-11)9-12-7-2-8-13/h3-6,12-13H,2,7-9H2,1H3. The third kappa shape index (κ3) is 4.30. The molecule has 0 aliphatic heterocycles. The van der Waals surface area contributed by atoms with Gasteiger partial charge in [-0.1, -0.05) is 12.1 Å². The number of rotatable bonds is 6. The number of hydrogen-bond acceptors (Lipinski definition) is 4. The van der Waals surface area contributed by atoms with Gasteiger partial charge in [-0.25, -0.2) is 8.42 Å². The molecule has 0 radical (unpaired) electrons. The van der Waals surface area contributed by atoms with Crippen LogP contribution < -0.4 is 5.32 Å². The Morgan fingerprint density at radius 3 is 2.38 bits per heavy atom. The minimum atomic E-state index is -3.10. The van der Waals surface area contributed by atoms with E-state index in [1.165, 1.54) is 6.26 Å². The van der Waals surface area contributed by atoms with Crippen LogP contribution in [0, 0.1) is 0 Å². The molecule has 1 rings (SSSR count). The monoisotopic (exact) mass is 243 g/mol. The highest BCUT2D eigenvalue weighted by Gasteiger charge is 2.05. The van der Waals surface area contributed by atoms with Gasteiger partial charge >= 0.3 is 0 Å². The highest BCUT2D eigenvalue weighted by Crippen LogP contribution is 2.09. The van der Waals surface area contributed by atoms with E-state index in [9.17, 15) is 8.42 Å². The first-order valence-electron chi connectivity index (χ1n) is 5.14. The largest absolute Gasteiger partial charge is 0.396 e. The summed E-state index contributed by atoms with van der Waals surface area (Å²) in [6, 6.07) is 6.81. The lowest BCUT2D eigenvalue weighted by Crippen LogP contribution is -2.15. The van der Waals surface area contributed by atoms with Gasteiger partial charge in [-0.3, -0.25) is 0 Å². The van der Waals surface area contributed by atoms with Crippen molar-refractivity contribution in [2.45, 2.75) is 17.9 Å². The first kappa shape index (κ1) is 13.2. The van der Waals surface area contributed by atoms with Gasteiger partial charge in [0, 0.05) is 19.4 Å². The lowest BCUT2D eigenvalue weighted by atomic mass is 10.2. The molecule has 16 heavy (non-hydrogen) atoms. The number of benzene rings is 1. The molecule has 5 heteroatoms. The summed E-state index contributed by atoms with van der Waals surface area (Å²) in [6.07, 6.45) is 1.92. The molecule has 0 aliphatic carbocycles. The molecular formula is C11H17NO3S. The Morgan fingerprint density at radius 2 is 1.88 bits per heavy atom. The molecule has 2 N–H and O–H groups in total. The molecule has 0 amide bonds. The molecule has 0 atom stereocenters. The molecule has 0 spiro atoms. The average Bonchev–Trinajstić information content (AvgIpc) is 2.24. The van der Waals surface area contributed by atoms with Crippen LogP contribution in [0.4, 0.5) is 0 Å². The Bertz CT molecular complexity index is 411. The third-order valence-electron chi connectivity index (χ3n) is 2.19. The average molecular weight is 243 g/mol. The van der Waals surface area contributed by atoms with Crippen molar-refractivity contribution >= 4 is 9.84 Å². The van der Waals surface area contributed by atoms with E-state index in [4.69, 9.17) is 5.11 Å². The fraction of sp³-hybridized carbons (Fsp3) is 0.455. The first-order valence-corrected chi connectivity index (χ1v) is 7.04. The van der Waals surface area contributed by atoms with E-state index in [1.54, 1.807) is 24.3 Å². The predicted octanol–water partition coefficient (Wildman–Crippen LogP) is 0.562. The van der Waals surface area contributed by atoms with E-state index in [2.05, 4.69) is 5.32 Å². The van der Waals surface area contributed by atoms with E-state index < -0.39 is 9.84 Å². The quantitative estimate of drug-likeness (QED) is 0.717. The van der Waals surface area contributed by atoms with Gasteiger partial charge in [-0.2, -0.15) is 0 Å². The van der Waals surface area contributed by atoms with Gasteiger partial charge in [0.15, 0.2) is 9.84 Å². The summed E-state index contributed by atoms with van der Waals surface area (Å²) < 4.78 is 22.4. The summed E-state index contributed by atoms with van der Waals surface area (Å²) in [7, 11) is -3.10. The minimum absolute atomic E-state index is 0.181. The summed E-state index contributed by atoms with van der Waals surface area (Å²) >= 11 is 0. The van der Waals surface area contributed by atoms with Gasteiger partial charge in [-0.15, -0.1) is 0 Å². The molecule has 0 saturated carbocycles. The number of aliphatic hydroxyl groups excluding tert-OH is 1. The van der Waals surface area contributed by atoms with Gasteiger partial charge in [0.2, 0.25) is 0 Å². The summed E-state index contributed by atoms with van der Waals surface area (Å²) in [5.74, 6) is 0. The van der Waals surface area contributed by atoms with Crippen LogP contribution in [0.2, 0.25) is 0 Å². The molecule has 4 nitrogen and oxygen atoms in total. The number of nitrogens with one attached hydrogen (secondary N) is 1. The fourth-order valence-electron chi connectivity index (χ4n) is 1.29. The van der Waals surface area contributed by atoms with E-state index in [-0.39, 0.29) is 6.61 Å². The Hall–Kier alpha value is -0.910. The summed E-state index contributed by atoms with van der Waals surface area (Å²) in [5, 5.41) is 11.7. The zero-order valence-electron chi connectivity index (χ0n) is 9.31. The number of sulfone groups is 1. The van der Waals surface area contributed by atoms with Crippen LogP contribution in [0.5, 0.6) is 0 Å². The smallest absolute Gasteiger partial charge is 0.175 e. The van der Waals surface area contributed by atoms with Gasteiger partial charge in [0.25, 0.3) is 0 Å². The number of aliphatic hydroxyl groups is 1. The van der Waals surface area contributed by atoms with E-state index in [0.717, 1.165) is 18.5 Å². The van der Waals surface area contributed by atoms with Gasteiger partial charge < -0.3 is 10.4 Å². The normalized spacial score (nSPS) is 11.6. The summed E-state index contributed by atoms with van der Waals surface area (Å²) in [6.45, 7) is 1.62. The Labute approximate surface area is 96.2 Å². The predicted molar refractivity (Wildman–Crippen MR) is 63.0 cm³/mol. The second-order valence-corrected chi connectivity index (χ2v) is 5.69. The molecule has 1 aromatic rings. The van der Waals surface area contributed by atoms with E-state index in [0.29, 0.717) is 11.4 Å². The van der Waals surface area contributed by atoms with Crippen molar-refractivity contribution in [3.8, 4) is 0 Å². The summed E-state index contributed by atoms with van der Waals surface area (Å²) in [4.78, 5) is 0.339. The lowest BCUT2D eigenvalue weighted by Gasteiger charge is -2.04. The Kier molecular flexibility index (Phi) is 4.92. The molecule has 0 aromatic heterocycles. The second kappa shape index (κ2) is 5.98. The molecular weight excluding hydrogens is 226 g/mol. The number of hydrogen-bond donors (Lipinski definition) is 2. The molecule has 0 saturated heterocycles.